The molecule has 400 valence electrons. The normalized spacial score (nSPS) is 19.1. The average Bonchev–Trinajstić information content (AvgIpc) is 3.36. The van der Waals surface area contributed by atoms with Crippen molar-refractivity contribution in [3.63, 3.8) is 0 Å². The molecule has 1 aromatic rings. The molecule has 73 heavy (non-hydrogen) atoms. The summed E-state index contributed by atoms with van der Waals surface area (Å²) in [5, 5.41) is 13.5. The molecule has 0 bridgehead atoms. The van der Waals surface area contributed by atoms with Gasteiger partial charge in [0.1, 0.15) is 17.1 Å². The van der Waals surface area contributed by atoms with Gasteiger partial charge in [-0.3, -0.25) is 0 Å². The van der Waals surface area contributed by atoms with Crippen molar-refractivity contribution < 1.29 is 14.2 Å². The van der Waals surface area contributed by atoms with Gasteiger partial charge in [-0.1, -0.05) is 109 Å². The summed E-state index contributed by atoms with van der Waals surface area (Å²) in [6.07, 6.45) is 38.6. The van der Waals surface area contributed by atoms with Crippen molar-refractivity contribution in [3.8, 4) is 5.75 Å². The van der Waals surface area contributed by atoms with Crippen molar-refractivity contribution in [2.75, 3.05) is 21.1 Å². The summed E-state index contributed by atoms with van der Waals surface area (Å²) in [5.41, 5.74) is 5.89. The Morgan fingerprint density at radius 3 is 1.53 bits per heavy atom. The first-order valence-corrected chi connectivity index (χ1v) is 33.8. The highest BCUT2D eigenvalue weighted by Gasteiger charge is 2.48. The number of benzene rings is 1. The molecular weight excluding hydrogens is 1020 g/mol. The van der Waals surface area contributed by atoms with E-state index in [1.54, 1.807) is 0 Å². The number of hydrogen-bond donors (Lipinski definition) is 0. The highest BCUT2D eigenvalue weighted by molar-refractivity contribution is 8.05. The van der Waals surface area contributed by atoms with Crippen LogP contribution in [-0.2, 0) is 44.9 Å². The minimum atomic E-state index is -1.20. The highest BCUT2D eigenvalue weighted by atomic mass is 32.4. The quantitative estimate of drug-likeness (QED) is 0.0411. The van der Waals surface area contributed by atoms with E-state index in [2.05, 4.69) is 131 Å². The number of rotatable bonds is 31. The molecule has 0 amide bonds. The first kappa shape index (κ1) is 62.3. The maximum absolute atomic E-state index is 6.90. The van der Waals surface area contributed by atoms with E-state index in [0.29, 0.717) is 5.92 Å². The van der Waals surface area contributed by atoms with Crippen LogP contribution in [0.5, 0.6) is 5.75 Å². The minimum Gasteiger partial charge on any atom is -0.492 e. The van der Waals surface area contributed by atoms with Crippen LogP contribution in [0.4, 0.5) is 0 Å². The van der Waals surface area contributed by atoms with Crippen molar-refractivity contribution in [1.29, 1.82) is 0 Å². The third-order valence-electron chi connectivity index (χ3n) is 13.8. The minimum absolute atomic E-state index is 0.148. The SMILES string of the molecule is CC=Cc1ccc(OC(C)(CCC)[P+](=S)N(C)N=CC2=CC=C(OC(C)(CCCC)[P+](=S)N(C)N=CC3=CC=C(C(C)(CCC)[P+](=S)N(C)N=CC4=CC=C(OC(C)(C)CC(C)CCC)CC4)CC3)CC2)cc1. The fourth-order valence-electron chi connectivity index (χ4n) is 9.82. The smallest absolute Gasteiger partial charge is 0.358 e. The first-order chi connectivity index (χ1) is 34.6. The highest BCUT2D eigenvalue weighted by Crippen LogP contribution is 2.53. The number of unbranched alkanes of at least 4 members (excludes halogenated alkanes) is 1. The molecule has 7 atom stereocenters. The van der Waals surface area contributed by atoms with Gasteiger partial charge in [0.05, 0.1) is 45.5 Å². The summed E-state index contributed by atoms with van der Waals surface area (Å²) in [7, 11) is 6.02. The van der Waals surface area contributed by atoms with E-state index in [0.717, 1.165) is 118 Å². The fraction of sp³-hybridized carbons (Fsp3) is 0.603. The summed E-state index contributed by atoms with van der Waals surface area (Å²) in [4.78, 5) is 0. The average molecular weight is 1110 g/mol. The summed E-state index contributed by atoms with van der Waals surface area (Å²) in [6, 6.07) is 8.19. The van der Waals surface area contributed by atoms with Gasteiger partial charge in [0.2, 0.25) is 0 Å². The van der Waals surface area contributed by atoms with E-state index in [1.807, 2.05) is 72.2 Å². The van der Waals surface area contributed by atoms with Crippen LogP contribution in [0, 0.1) is 5.92 Å². The lowest BCUT2D eigenvalue weighted by Gasteiger charge is -2.31. The molecule has 9 nitrogen and oxygen atoms in total. The predicted octanol–water partition coefficient (Wildman–Crippen LogP) is 17.9. The molecule has 0 fully saturated rings. The Hall–Kier alpha value is -3.23. The summed E-state index contributed by atoms with van der Waals surface area (Å²) < 4.78 is 25.9. The topological polar surface area (TPSA) is 74.5 Å². The van der Waals surface area contributed by atoms with Gasteiger partial charge in [-0.15, -0.1) is 29.6 Å². The van der Waals surface area contributed by atoms with Crippen LogP contribution in [0.25, 0.3) is 6.08 Å². The van der Waals surface area contributed by atoms with Crippen molar-refractivity contribution in [1.82, 2.24) is 14.3 Å². The molecule has 0 radical (unpaired) electrons. The van der Waals surface area contributed by atoms with Crippen molar-refractivity contribution >= 4 is 80.7 Å². The predicted molar refractivity (Wildman–Crippen MR) is 329 cm³/mol. The zero-order chi connectivity index (χ0) is 53.8. The van der Waals surface area contributed by atoms with Gasteiger partial charge in [-0.25, -0.2) is 0 Å². The molecule has 3 aliphatic rings. The van der Waals surface area contributed by atoms with Crippen LogP contribution in [0.1, 0.15) is 184 Å². The lowest BCUT2D eigenvalue weighted by Crippen LogP contribution is -2.31. The second-order valence-corrected chi connectivity index (χ2v) is 30.5. The molecule has 15 heteroatoms. The Morgan fingerprint density at radius 2 is 1.08 bits per heavy atom. The number of nitrogens with zero attached hydrogens (tertiary/aromatic N) is 6. The van der Waals surface area contributed by atoms with Gasteiger partial charge in [-0.05, 0) is 131 Å². The van der Waals surface area contributed by atoms with Crippen LogP contribution in [0.15, 0.2) is 116 Å². The Morgan fingerprint density at radius 1 is 0.589 bits per heavy atom. The largest absolute Gasteiger partial charge is 0.492 e. The molecule has 0 heterocycles. The Kier molecular flexibility index (Phi) is 25.5. The van der Waals surface area contributed by atoms with Gasteiger partial charge in [0.25, 0.3) is 10.7 Å². The summed E-state index contributed by atoms with van der Waals surface area (Å²) >= 11 is 18.8. The molecule has 7 unspecified atom stereocenters. The van der Waals surface area contributed by atoms with E-state index in [4.69, 9.17) is 64.9 Å². The van der Waals surface area contributed by atoms with Crippen molar-refractivity contribution in [3.05, 3.63) is 106 Å². The van der Waals surface area contributed by atoms with Gasteiger partial charge in [0.15, 0.2) is 40.6 Å². The van der Waals surface area contributed by atoms with Crippen LogP contribution in [0.3, 0.4) is 0 Å². The molecular formula is C58H90N6O3P3S3+3. The van der Waals surface area contributed by atoms with Crippen LogP contribution >= 0.6 is 20.5 Å². The van der Waals surface area contributed by atoms with E-state index < -0.39 is 31.2 Å². The second-order valence-electron chi connectivity index (χ2n) is 21.2. The fourth-order valence-corrected chi connectivity index (χ4v) is 15.9. The zero-order valence-corrected chi connectivity index (χ0v) is 52.2. The number of allylic oxidation sites excluding steroid dienone is 13. The summed E-state index contributed by atoms with van der Waals surface area (Å²) in [5.74, 6) is 3.49. The van der Waals surface area contributed by atoms with Crippen molar-refractivity contribution in [2.45, 2.75) is 200 Å². The number of hydrogen-bond acceptors (Lipinski definition) is 9. The number of ether oxygens (including phenoxy) is 3. The maximum atomic E-state index is 6.90. The molecule has 0 spiro atoms. The van der Waals surface area contributed by atoms with Crippen LogP contribution in [0.2, 0.25) is 0 Å². The van der Waals surface area contributed by atoms with Crippen LogP contribution < -0.4 is 4.74 Å². The maximum Gasteiger partial charge on any atom is 0.358 e. The monoisotopic (exact) mass is 1110 g/mol. The molecule has 0 saturated heterocycles. The first-order valence-electron chi connectivity index (χ1n) is 26.9. The molecule has 0 aromatic heterocycles. The van der Waals surface area contributed by atoms with Gasteiger partial charge in [0, 0.05) is 46.0 Å². The zero-order valence-electron chi connectivity index (χ0n) is 47.0. The molecule has 0 aliphatic heterocycles. The van der Waals surface area contributed by atoms with Crippen LogP contribution in [-0.4, -0.2) is 75.6 Å². The molecule has 4 rings (SSSR count). The molecule has 1 aromatic carbocycles. The molecule has 0 saturated carbocycles. The third kappa shape index (κ3) is 19.1. The Balaban J connectivity index is 1.38. The summed E-state index contributed by atoms with van der Waals surface area (Å²) in [6.45, 7) is 20.9. The Labute approximate surface area is 461 Å². The van der Waals surface area contributed by atoms with Gasteiger partial charge >= 0.3 is 20.5 Å². The van der Waals surface area contributed by atoms with E-state index >= 15 is 0 Å². The molecule has 3 aliphatic carbocycles. The number of hydrazone groups is 3. The van der Waals surface area contributed by atoms with Crippen molar-refractivity contribution in [2.24, 2.45) is 21.2 Å². The second kappa shape index (κ2) is 29.9. The lowest BCUT2D eigenvalue weighted by atomic mass is 9.87. The van der Waals surface area contributed by atoms with E-state index in [-0.39, 0.29) is 10.8 Å². The third-order valence-corrected chi connectivity index (χ3v) is 24.9. The standard InChI is InChI=1S/C58H90N6O3P3S3/c1-15-20-41-58(11,67-54-37-29-50(30-38-54)45-61-63(13)69(72)57(10,40-19-5)66-53-33-25-47(22-17-3)26-34-53)70(73)64(14)60-43-48-23-31-51(32-24-48)56(9,39-18-4)68(71)62(12)59-44-49-27-35-52(36-28-49)65-55(7,8)42-46(6)21-16-2/h17,22-23,25-27,29,31,33-35,37,43-46H,15-16,18-21,24,28,30,32,36,38-42H2,1-14H3/q+3. The van der Waals surface area contributed by atoms with E-state index in [9.17, 15) is 0 Å². The Bertz CT molecular complexity index is 2370. The molecule has 0 N–H and O–H groups in total. The van der Waals surface area contributed by atoms with Gasteiger partial charge < -0.3 is 14.2 Å². The van der Waals surface area contributed by atoms with E-state index in [1.165, 1.54) is 29.6 Å². The van der Waals surface area contributed by atoms with Gasteiger partial charge in [-0.2, -0.15) is 0 Å². The lowest BCUT2D eigenvalue weighted by molar-refractivity contribution is 0.00973.